The molecule has 17 nitrogen and oxygen atoms in total. The SMILES string of the molecule is CC(=O)Oc1cc(OC(C)=O)c2c(c1)O[C@H](c1ccc(OC(C)=O)c(OC(C)=O)c1)[C@H](OC(C)=O)C2c1c(OCc2ccccc2)cc(OCc2ccccc2)c2c1O[C@H](c1ccc(OCc3ccccc3)c(OCc3ccccc3)c1)[C@@H](O)C2. The van der Waals surface area contributed by atoms with E-state index < -0.39 is 60.2 Å². The highest BCUT2D eigenvalue weighted by molar-refractivity contribution is 5.76. The molecule has 434 valence electrons. The van der Waals surface area contributed by atoms with Crippen LogP contribution < -0.4 is 47.4 Å². The average molecular weight is 1150 g/mol. The van der Waals surface area contributed by atoms with Gasteiger partial charge in [-0.1, -0.05) is 133 Å². The van der Waals surface area contributed by atoms with Crippen molar-refractivity contribution in [2.75, 3.05) is 0 Å². The summed E-state index contributed by atoms with van der Waals surface area (Å²) in [6.45, 7) is 6.44. The number of aliphatic hydroxyl groups is 1. The van der Waals surface area contributed by atoms with Crippen LogP contribution >= 0.6 is 0 Å². The van der Waals surface area contributed by atoms with Crippen molar-refractivity contribution in [3.63, 3.8) is 0 Å². The van der Waals surface area contributed by atoms with Crippen molar-refractivity contribution in [3.05, 3.63) is 226 Å². The third-order valence-corrected chi connectivity index (χ3v) is 13.8. The first-order valence-electron chi connectivity index (χ1n) is 27.4. The minimum Gasteiger partial charge on any atom is -0.488 e. The molecular formula is C68H60O17. The van der Waals surface area contributed by atoms with Crippen molar-refractivity contribution < 1.29 is 81.2 Å². The Hall–Kier alpha value is -10.1. The van der Waals surface area contributed by atoms with E-state index in [2.05, 4.69) is 0 Å². The molecule has 0 aromatic heterocycles. The molecule has 0 spiro atoms. The maximum absolute atomic E-state index is 13.9. The summed E-state index contributed by atoms with van der Waals surface area (Å²) >= 11 is 0. The number of rotatable bonds is 20. The van der Waals surface area contributed by atoms with Crippen LogP contribution in [0.25, 0.3) is 0 Å². The van der Waals surface area contributed by atoms with E-state index in [1.165, 1.54) is 65.0 Å². The molecule has 0 bridgehead atoms. The molecule has 1 unspecified atom stereocenters. The number of carbonyl (C=O) groups is 5. The summed E-state index contributed by atoms with van der Waals surface area (Å²) in [6.07, 6.45) is -5.32. The van der Waals surface area contributed by atoms with Gasteiger partial charge in [0.25, 0.3) is 0 Å². The fraction of sp³-hybridized carbons (Fsp3) is 0.221. The molecule has 85 heavy (non-hydrogen) atoms. The van der Waals surface area contributed by atoms with E-state index in [-0.39, 0.29) is 95.5 Å². The lowest BCUT2D eigenvalue weighted by molar-refractivity contribution is -0.154. The fourth-order valence-electron chi connectivity index (χ4n) is 10.3. The summed E-state index contributed by atoms with van der Waals surface area (Å²) in [7, 11) is 0. The number of carbonyl (C=O) groups excluding carboxylic acids is 5. The molecular weight excluding hydrogens is 1090 g/mol. The zero-order valence-corrected chi connectivity index (χ0v) is 47.1. The molecule has 0 aliphatic carbocycles. The highest BCUT2D eigenvalue weighted by Gasteiger charge is 2.50. The zero-order valence-electron chi connectivity index (χ0n) is 47.1. The molecule has 0 amide bonds. The van der Waals surface area contributed by atoms with Crippen molar-refractivity contribution >= 4 is 29.8 Å². The molecule has 0 fully saturated rings. The van der Waals surface area contributed by atoms with Crippen LogP contribution in [0.15, 0.2) is 176 Å². The second-order valence-corrected chi connectivity index (χ2v) is 20.2. The molecule has 5 atom stereocenters. The predicted octanol–water partition coefficient (Wildman–Crippen LogP) is 11.9. The maximum atomic E-state index is 13.9. The van der Waals surface area contributed by atoms with E-state index >= 15 is 0 Å². The molecule has 0 saturated heterocycles. The molecule has 10 rings (SSSR count). The Bertz CT molecular complexity index is 3720. The molecule has 8 aromatic carbocycles. The number of benzene rings is 8. The normalized spacial score (nSPS) is 16.6. The van der Waals surface area contributed by atoms with E-state index in [0.29, 0.717) is 22.6 Å². The van der Waals surface area contributed by atoms with Gasteiger partial charge in [-0.3, -0.25) is 24.0 Å². The van der Waals surface area contributed by atoms with Crippen LogP contribution in [0, 0.1) is 0 Å². The van der Waals surface area contributed by atoms with E-state index in [4.69, 9.17) is 52.1 Å². The Morgan fingerprint density at radius 3 is 1.41 bits per heavy atom. The molecule has 0 saturated carbocycles. The Kier molecular flexibility index (Phi) is 18.0. The number of aliphatic hydroxyl groups excluding tert-OH is 1. The third-order valence-electron chi connectivity index (χ3n) is 13.8. The summed E-state index contributed by atoms with van der Waals surface area (Å²) < 4.78 is 70.1. The van der Waals surface area contributed by atoms with Crippen LogP contribution in [-0.2, 0) is 61.6 Å². The van der Waals surface area contributed by atoms with Gasteiger partial charge in [0, 0.05) is 81.5 Å². The van der Waals surface area contributed by atoms with Crippen LogP contribution in [0.5, 0.6) is 57.5 Å². The van der Waals surface area contributed by atoms with Gasteiger partial charge >= 0.3 is 29.8 Å². The van der Waals surface area contributed by atoms with Crippen LogP contribution in [0.4, 0.5) is 0 Å². The van der Waals surface area contributed by atoms with Gasteiger partial charge in [0.15, 0.2) is 35.2 Å². The van der Waals surface area contributed by atoms with Gasteiger partial charge in [0.1, 0.15) is 67.0 Å². The third kappa shape index (κ3) is 14.2. The lowest BCUT2D eigenvalue weighted by Crippen LogP contribution is -2.40. The highest BCUT2D eigenvalue weighted by Crippen LogP contribution is 2.59. The van der Waals surface area contributed by atoms with Crippen LogP contribution in [0.3, 0.4) is 0 Å². The zero-order chi connectivity index (χ0) is 59.6. The van der Waals surface area contributed by atoms with Gasteiger partial charge in [-0.05, 0) is 52.1 Å². The molecule has 17 heteroatoms. The number of hydrogen-bond acceptors (Lipinski definition) is 17. The Balaban J connectivity index is 1.22. The monoisotopic (exact) mass is 1150 g/mol. The number of hydrogen-bond donors (Lipinski definition) is 1. The lowest BCUT2D eigenvalue weighted by atomic mass is 9.77. The Morgan fingerprint density at radius 2 is 0.882 bits per heavy atom. The summed E-state index contributed by atoms with van der Waals surface area (Å²) in [6, 6.07) is 52.3. The Labute approximate surface area is 490 Å². The van der Waals surface area contributed by atoms with Gasteiger partial charge in [0.05, 0.1) is 12.0 Å². The van der Waals surface area contributed by atoms with Crippen molar-refractivity contribution in [2.45, 2.75) is 97.8 Å². The van der Waals surface area contributed by atoms with E-state index in [9.17, 15) is 29.1 Å². The minimum atomic E-state index is -1.48. The van der Waals surface area contributed by atoms with Gasteiger partial charge in [-0.25, -0.2) is 0 Å². The van der Waals surface area contributed by atoms with Crippen molar-refractivity contribution in [3.8, 4) is 57.5 Å². The Morgan fingerprint density at radius 1 is 0.424 bits per heavy atom. The van der Waals surface area contributed by atoms with Gasteiger partial charge < -0.3 is 57.2 Å². The molecule has 2 heterocycles. The second kappa shape index (κ2) is 26.4. The maximum Gasteiger partial charge on any atom is 0.308 e. The molecule has 2 aliphatic heterocycles. The van der Waals surface area contributed by atoms with Gasteiger partial charge in [-0.15, -0.1) is 0 Å². The van der Waals surface area contributed by atoms with Crippen LogP contribution in [-0.4, -0.2) is 47.2 Å². The first kappa shape index (κ1) is 58.1. The van der Waals surface area contributed by atoms with E-state index in [1.807, 2.05) is 121 Å². The summed E-state index contributed by atoms with van der Waals surface area (Å²) in [5, 5.41) is 12.6. The summed E-state index contributed by atoms with van der Waals surface area (Å²) in [4.78, 5) is 64.9. The summed E-state index contributed by atoms with van der Waals surface area (Å²) in [5.41, 5.74) is 4.89. The van der Waals surface area contributed by atoms with Crippen molar-refractivity contribution in [1.82, 2.24) is 0 Å². The van der Waals surface area contributed by atoms with Gasteiger partial charge in [-0.2, -0.15) is 0 Å². The van der Waals surface area contributed by atoms with E-state index in [1.54, 1.807) is 24.3 Å². The minimum absolute atomic E-state index is 0.0163. The van der Waals surface area contributed by atoms with Crippen molar-refractivity contribution in [2.24, 2.45) is 0 Å². The number of fused-ring (bicyclic) bond motifs is 2. The quantitative estimate of drug-likeness (QED) is 0.0556. The number of ether oxygens (including phenoxy) is 11. The predicted molar refractivity (Wildman–Crippen MR) is 308 cm³/mol. The fourth-order valence-corrected chi connectivity index (χ4v) is 10.3. The van der Waals surface area contributed by atoms with Crippen LogP contribution in [0.2, 0.25) is 0 Å². The van der Waals surface area contributed by atoms with Crippen LogP contribution in [0.1, 0.15) is 103 Å². The first-order valence-corrected chi connectivity index (χ1v) is 27.4. The average Bonchev–Trinajstić information content (AvgIpc) is 0.897. The summed E-state index contributed by atoms with van der Waals surface area (Å²) in [5.74, 6) is -4.19. The topological polar surface area (TPSA) is 207 Å². The highest BCUT2D eigenvalue weighted by atomic mass is 16.6. The molecule has 2 aliphatic rings. The lowest BCUT2D eigenvalue weighted by Gasteiger charge is -2.42. The second-order valence-electron chi connectivity index (χ2n) is 20.2. The molecule has 1 N–H and O–H groups in total. The van der Waals surface area contributed by atoms with Crippen molar-refractivity contribution in [1.29, 1.82) is 0 Å². The molecule has 0 radical (unpaired) electrons. The van der Waals surface area contributed by atoms with E-state index in [0.717, 1.165) is 22.3 Å². The van der Waals surface area contributed by atoms with Gasteiger partial charge in [0.2, 0.25) is 0 Å². The number of esters is 5. The smallest absolute Gasteiger partial charge is 0.308 e. The first-order chi connectivity index (χ1) is 41.1. The largest absolute Gasteiger partial charge is 0.488 e. The standard InChI is InChI=1S/C68H60O17/c1-40(69)79-51-32-60(82-43(4)72)62-61(33-51)84-66(50-27-29-55(80-41(2)70)58(31-50)81-42(3)71)68(83-44(5)73)64(62)63-59(78-39-48-24-16-9-17-25-48)35-56(76-37-46-20-12-7-13-21-46)52-34-53(74)65(85-67(52)63)49-26-28-54(75-36-45-18-10-6-11-19-45)57(30-49)77-38-47-22-14-8-15-23-47/h6-33,35,53,64-66,68,74H,34,36-39H2,1-5H3/t53-,64?,65+,66+,68+/m0/s1. The molecule has 8 aromatic rings.